The number of rotatable bonds is 3. The van der Waals surface area contributed by atoms with Crippen LogP contribution in [0.25, 0.3) is 16.9 Å². The zero-order valence-corrected chi connectivity index (χ0v) is 16.3. The number of imidazole rings is 1. The first-order valence-corrected chi connectivity index (χ1v) is 9.32. The summed E-state index contributed by atoms with van der Waals surface area (Å²) in [6.07, 6.45) is 4.87. The number of fused-ring (bicyclic) bond motifs is 1. The van der Waals surface area contributed by atoms with E-state index in [9.17, 15) is 0 Å². The molecule has 3 aromatic rings. The van der Waals surface area contributed by atoms with Crippen LogP contribution in [0, 0.1) is 11.3 Å². The van der Waals surface area contributed by atoms with Crippen LogP contribution in [0.5, 0.6) is 0 Å². The maximum absolute atomic E-state index is 9.03. The lowest BCUT2D eigenvalue weighted by Crippen LogP contribution is -2.32. The molecule has 132 valence electrons. The summed E-state index contributed by atoms with van der Waals surface area (Å²) in [5.74, 6) is 0.907. The summed E-state index contributed by atoms with van der Waals surface area (Å²) in [6.45, 7) is 1.92. The van der Waals surface area contributed by atoms with Crippen molar-refractivity contribution in [3.63, 3.8) is 0 Å². The van der Waals surface area contributed by atoms with E-state index < -0.39 is 0 Å². The third-order valence-corrected chi connectivity index (χ3v) is 5.67. The van der Waals surface area contributed by atoms with E-state index in [4.69, 9.17) is 10.2 Å². The molecule has 1 atom stereocenters. The van der Waals surface area contributed by atoms with Crippen LogP contribution in [0.2, 0.25) is 0 Å². The summed E-state index contributed by atoms with van der Waals surface area (Å²) >= 11 is 3.67. The molecular weight excluding hydrogens is 392 g/mol. The SMILES string of the molecule is CN(C)[C@@H]1CCN(c2nc(-c3ccc(C#N)cc3)c(Br)c3nccn23)C1. The number of hydrogen-bond acceptors (Lipinski definition) is 5. The van der Waals surface area contributed by atoms with Crippen LogP contribution in [0.15, 0.2) is 41.1 Å². The first-order chi connectivity index (χ1) is 12.6. The average molecular weight is 411 g/mol. The van der Waals surface area contributed by atoms with Gasteiger partial charge in [0, 0.05) is 37.1 Å². The Hall–Kier alpha value is -2.43. The molecule has 3 heterocycles. The molecule has 1 fully saturated rings. The van der Waals surface area contributed by atoms with Crippen LogP contribution in [0.1, 0.15) is 12.0 Å². The third kappa shape index (κ3) is 2.85. The quantitative estimate of drug-likeness (QED) is 0.663. The highest BCUT2D eigenvalue weighted by atomic mass is 79.9. The van der Waals surface area contributed by atoms with Gasteiger partial charge in [0.2, 0.25) is 5.95 Å². The number of nitrogens with zero attached hydrogens (tertiary/aromatic N) is 6. The number of halogens is 1. The average Bonchev–Trinajstić information content (AvgIpc) is 3.32. The predicted octanol–water partition coefficient (Wildman–Crippen LogP) is 3.17. The molecule has 0 saturated carbocycles. The van der Waals surface area contributed by atoms with Gasteiger partial charge in [-0.2, -0.15) is 5.26 Å². The maximum atomic E-state index is 9.03. The Bertz CT molecular complexity index is 986. The number of likely N-dealkylation sites (N-methyl/N-ethyl adjacent to an activating group) is 1. The van der Waals surface area contributed by atoms with Crippen molar-refractivity contribution in [1.29, 1.82) is 5.26 Å². The van der Waals surface area contributed by atoms with Gasteiger partial charge in [0.25, 0.3) is 0 Å². The van der Waals surface area contributed by atoms with Gasteiger partial charge >= 0.3 is 0 Å². The fourth-order valence-corrected chi connectivity index (χ4v) is 4.01. The standard InChI is InChI=1S/C19H19BrN6/c1-24(2)15-7-9-25(12-15)19-23-17(14-5-3-13(11-21)4-6-14)16(20)18-22-8-10-26(18)19/h3-6,8,10,15H,7,9,12H2,1-2H3/t15-/m1/s1. The molecular formula is C19H19BrN6. The van der Waals surface area contributed by atoms with Crippen molar-refractivity contribution in [3.8, 4) is 17.3 Å². The predicted molar refractivity (Wildman–Crippen MR) is 105 cm³/mol. The van der Waals surface area contributed by atoms with E-state index in [-0.39, 0.29) is 0 Å². The number of nitriles is 1. The molecule has 0 spiro atoms. The van der Waals surface area contributed by atoms with Crippen molar-refractivity contribution in [3.05, 3.63) is 46.7 Å². The minimum atomic E-state index is 0.525. The van der Waals surface area contributed by atoms with Crippen molar-refractivity contribution >= 4 is 27.5 Å². The highest BCUT2D eigenvalue weighted by Crippen LogP contribution is 2.33. The Kier molecular flexibility index (Phi) is 4.39. The van der Waals surface area contributed by atoms with E-state index >= 15 is 0 Å². The van der Waals surface area contributed by atoms with Gasteiger partial charge in [0.1, 0.15) is 0 Å². The number of anilines is 1. The second-order valence-electron chi connectivity index (χ2n) is 6.74. The largest absolute Gasteiger partial charge is 0.340 e. The van der Waals surface area contributed by atoms with Crippen LogP contribution in [-0.2, 0) is 0 Å². The summed E-state index contributed by atoms with van der Waals surface area (Å²) in [4.78, 5) is 14.1. The summed E-state index contributed by atoms with van der Waals surface area (Å²) in [5.41, 5.74) is 3.30. The third-order valence-electron chi connectivity index (χ3n) is 4.94. The zero-order valence-electron chi connectivity index (χ0n) is 14.7. The smallest absolute Gasteiger partial charge is 0.212 e. The molecule has 1 aliphatic heterocycles. The van der Waals surface area contributed by atoms with Gasteiger partial charge in [0.15, 0.2) is 5.65 Å². The highest BCUT2D eigenvalue weighted by Gasteiger charge is 2.27. The molecule has 0 bridgehead atoms. The molecule has 6 nitrogen and oxygen atoms in total. The van der Waals surface area contributed by atoms with E-state index in [1.807, 2.05) is 34.9 Å². The van der Waals surface area contributed by atoms with Crippen LogP contribution >= 0.6 is 15.9 Å². The van der Waals surface area contributed by atoms with E-state index in [1.165, 1.54) is 0 Å². The van der Waals surface area contributed by atoms with E-state index in [2.05, 4.69) is 50.9 Å². The second kappa shape index (κ2) is 6.71. The van der Waals surface area contributed by atoms with Crippen LogP contribution in [0.4, 0.5) is 5.95 Å². The fraction of sp³-hybridized carbons (Fsp3) is 0.316. The second-order valence-corrected chi connectivity index (χ2v) is 7.53. The van der Waals surface area contributed by atoms with Crippen molar-refractivity contribution in [2.24, 2.45) is 0 Å². The Labute approximate surface area is 160 Å². The minimum absolute atomic E-state index is 0.525. The van der Waals surface area contributed by atoms with Crippen LogP contribution in [-0.4, -0.2) is 52.5 Å². The summed E-state index contributed by atoms with van der Waals surface area (Å²) in [6, 6.07) is 10.2. The molecule has 0 amide bonds. The van der Waals surface area contributed by atoms with Gasteiger partial charge in [-0.15, -0.1) is 0 Å². The molecule has 2 aromatic heterocycles. The monoisotopic (exact) mass is 410 g/mol. The van der Waals surface area contributed by atoms with Crippen LogP contribution in [0.3, 0.4) is 0 Å². The number of aromatic nitrogens is 3. The van der Waals surface area contributed by atoms with Gasteiger partial charge in [-0.25, -0.2) is 9.97 Å². The van der Waals surface area contributed by atoms with E-state index in [0.29, 0.717) is 11.6 Å². The van der Waals surface area contributed by atoms with Crippen LogP contribution < -0.4 is 4.90 Å². The van der Waals surface area contributed by atoms with Gasteiger partial charge in [-0.05, 0) is 48.6 Å². The molecule has 0 aliphatic carbocycles. The van der Waals surface area contributed by atoms with Gasteiger partial charge in [-0.3, -0.25) is 4.40 Å². The molecule has 0 radical (unpaired) electrons. The van der Waals surface area contributed by atoms with Crippen molar-refractivity contribution in [2.45, 2.75) is 12.5 Å². The summed E-state index contributed by atoms with van der Waals surface area (Å²) < 4.78 is 2.90. The fourth-order valence-electron chi connectivity index (χ4n) is 3.40. The number of hydrogen-bond donors (Lipinski definition) is 0. The molecule has 7 heteroatoms. The Morgan fingerprint density at radius 3 is 2.69 bits per heavy atom. The molecule has 1 saturated heterocycles. The van der Waals surface area contributed by atoms with Gasteiger partial charge < -0.3 is 9.80 Å². The lowest BCUT2D eigenvalue weighted by molar-refractivity contribution is 0.315. The van der Waals surface area contributed by atoms with Gasteiger partial charge in [-0.1, -0.05) is 12.1 Å². The van der Waals surface area contributed by atoms with Gasteiger partial charge in [0.05, 0.1) is 21.8 Å². The van der Waals surface area contributed by atoms with Crippen molar-refractivity contribution in [2.75, 3.05) is 32.1 Å². The Balaban J connectivity index is 1.82. The number of benzene rings is 1. The molecule has 1 aliphatic rings. The molecule has 0 N–H and O–H groups in total. The van der Waals surface area contributed by atoms with E-state index in [0.717, 1.165) is 46.8 Å². The maximum Gasteiger partial charge on any atom is 0.212 e. The zero-order chi connectivity index (χ0) is 18.3. The Morgan fingerprint density at radius 2 is 2.04 bits per heavy atom. The highest BCUT2D eigenvalue weighted by molar-refractivity contribution is 9.10. The molecule has 4 rings (SSSR count). The Morgan fingerprint density at radius 1 is 1.27 bits per heavy atom. The first-order valence-electron chi connectivity index (χ1n) is 8.53. The lowest BCUT2D eigenvalue weighted by atomic mass is 10.1. The van der Waals surface area contributed by atoms with E-state index in [1.54, 1.807) is 6.20 Å². The summed E-state index contributed by atoms with van der Waals surface area (Å²) in [5, 5.41) is 9.03. The topological polar surface area (TPSA) is 60.5 Å². The normalized spacial score (nSPS) is 17.2. The first kappa shape index (κ1) is 17.0. The summed E-state index contributed by atoms with van der Waals surface area (Å²) in [7, 11) is 4.25. The minimum Gasteiger partial charge on any atom is -0.340 e. The van der Waals surface area contributed by atoms with Crippen molar-refractivity contribution < 1.29 is 0 Å². The molecule has 26 heavy (non-hydrogen) atoms. The van der Waals surface area contributed by atoms with Crippen molar-refractivity contribution in [1.82, 2.24) is 19.3 Å². The molecule has 0 unspecified atom stereocenters. The lowest BCUT2D eigenvalue weighted by Gasteiger charge is -2.22. The molecule has 1 aromatic carbocycles.